The Hall–Kier alpha value is -3.79. The number of hydrogen-bond acceptors (Lipinski definition) is 9. The van der Waals surface area contributed by atoms with E-state index >= 15 is 0 Å². The fourth-order valence-electron chi connectivity index (χ4n) is 3.81. The Balaban J connectivity index is 1.52. The molecule has 0 saturated carbocycles. The lowest BCUT2D eigenvalue weighted by molar-refractivity contribution is -0.189. The van der Waals surface area contributed by atoms with E-state index in [1.807, 2.05) is 0 Å². The van der Waals surface area contributed by atoms with E-state index < -0.39 is 66.8 Å². The molecule has 0 radical (unpaired) electrons. The zero-order chi connectivity index (χ0) is 26.4. The second-order valence-corrected chi connectivity index (χ2v) is 8.07. The van der Waals surface area contributed by atoms with Crippen LogP contribution in [0, 0.1) is 6.92 Å². The maximum Gasteiger partial charge on any atom is 0.449 e. The molecule has 0 bridgehead atoms. The number of aliphatic carboxylic acids is 2. The smallest absolute Gasteiger partial charge is 0.449 e. The fraction of sp³-hybridized carbons (Fsp3) is 0.450. The van der Waals surface area contributed by atoms with Crippen LogP contribution >= 0.6 is 0 Å². The minimum atomic E-state index is -4.86. The Morgan fingerprint density at radius 2 is 1.94 bits per heavy atom. The molecule has 12 nitrogen and oxygen atoms in total. The lowest BCUT2D eigenvalue weighted by Crippen LogP contribution is -2.52. The number of carboxylic acid groups (broad SMARTS) is 2. The Bertz CT molecular complexity index is 1290. The number of alkyl halides is 4. The number of hydrogen-bond donors (Lipinski definition) is 3. The largest absolute Gasteiger partial charge is 0.479 e. The number of imidazole rings is 1. The molecule has 0 aliphatic carbocycles. The van der Waals surface area contributed by atoms with Gasteiger partial charge in [-0.1, -0.05) is 0 Å². The van der Waals surface area contributed by atoms with E-state index in [9.17, 15) is 37.4 Å². The van der Waals surface area contributed by atoms with Crippen LogP contribution in [0.3, 0.4) is 0 Å². The van der Waals surface area contributed by atoms with Crippen LogP contribution < -0.4 is 5.73 Å². The van der Waals surface area contributed by atoms with Crippen LogP contribution in [0.15, 0.2) is 22.9 Å². The number of fused-ring (bicyclic) bond motifs is 1. The molecule has 0 aromatic carbocycles. The first-order valence-electron chi connectivity index (χ1n) is 10.3. The van der Waals surface area contributed by atoms with Gasteiger partial charge in [0.2, 0.25) is 5.76 Å². The van der Waals surface area contributed by atoms with Crippen molar-refractivity contribution >= 4 is 28.9 Å². The average Bonchev–Trinajstić information content (AvgIpc) is 3.48. The van der Waals surface area contributed by atoms with Gasteiger partial charge in [0.15, 0.2) is 17.7 Å². The van der Waals surface area contributed by atoms with Gasteiger partial charge in [-0.2, -0.15) is 13.2 Å². The number of nitrogens with two attached hydrogens (primary N) is 1. The van der Waals surface area contributed by atoms with Gasteiger partial charge in [0.25, 0.3) is 5.60 Å². The summed E-state index contributed by atoms with van der Waals surface area (Å²) in [5, 5.41) is 19.2. The van der Waals surface area contributed by atoms with E-state index in [1.165, 1.54) is 10.9 Å². The van der Waals surface area contributed by atoms with Crippen LogP contribution in [0.2, 0.25) is 0 Å². The highest BCUT2D eigenvalue weighted by atomic mass is 19.4. The highest BCUT2D eigenvalue weighted by Crippen LogP contribution is 2.35. The molecule has 0 amide bonds. The van der Waals surface area contributed by atoms with Crippen LogP contribution in [-0.2, 0) is 31.7 Å². The summed E-state index contributed by atoms with van der Waals surface area (Å²) >= 11 is 0. The molecule has 4 rings (SSSR count). The molecular formula is C20H19F4N5O7. The number of anilines is 1. The van der Waals surface area contributed by atoms with E-state index in [0.717, 1.165) is 6.07 Å². The molecule has 1 fully saturated rings. The topological polar surface area (TPSA) is 176 Å². The minimum absolute atomic E-state index is 0.0730. The minimum Gasteiger partial charge on any atom is -0.479 e. The molecule has 3 unspecified atom stereocenters. The first-order valence-corrected chi connectivity index (χ1v) is 10.3. The van der Waals surface area contributed by atoms with E-state index in [2.05, 4.69) is 19.4 Å². The van der Waals surface area contributed by atoms with Gasteiger partial charge in [-0.3, -0.25) is 4.57 Å². The van der Waals surface area contributed by atoms with Gasteiger partial charge in [-0.15, -0.1) is 0 Å². The fourth-order valence-corrected chi connectivity index (χ4v) is 3.81. The molecule has 4 heterocycles. The van der Waals surface area contributed by atoms with Crippen LogP contribution in [0.4, 0.5) is 23.4 Å². The number of carbonyl (C=O) groups is 2. The van der Waals surface area contributed by atoms with Gasteiger partial charge in [0, 0.05) is 6.42 Å². The van der Waals surface area contributed by atoms with Gasteiger partial charge in [0.1, 0.15) is 23.3 Å². The van der Waals surface area contributed by atoms with Crippen molar-refractivity contribution in [1.29, 1.82) is 0 Å². The van der Waals surface area contributed by atoms with Crippen LogP contribution in [0.1, 0.15) is 30.0 Å². The molecule has 16 heteroatoms. The molecule has 1 saturated heterocycles. The van der Waals surface area contributed by atoms with Gasteiger partial charge in [-0.05, 0) is 19.1 Å². The summed E-state index contributed by atoms with van der Waals surface area (Å²) in [7, 11) is 0. The lowest BCUT2D eigenvalue weighted by atomic mass is 9.98. The number of nitrogen functional groups attached to an aromatic ring is 1. The van der Waals surface area contributed by atoms with E-state index in [1.54, 1.807) is 6.92 Å². The molecule has 3 aromatic heterocycles. The van der Waals surface area contributed by atoms with Crippen molar-refractivity contribution in [2.24, 2.45) is 0 Å². The Kier molecular flexibility index (Phi) is 6.34. The first kappa shape index (κ1) is 25.3. The van der Waals surface area contributed by atoms with E-state index in [-0.39, 0.29) is 23.4 Å². The summed E-state index contributed by atoms with van der Waals surface area (Å²) in [5.41, 5.74) is 3.19. The van der Waals surface area contributed by atoms with E-state index in [0.29, 0.717) is 11.9 Å². The average molecular weight is 517 g/mol. The number of halogens is 4. The molecule has 3 aromatic rings. The van der Waals surface area contributed by atoms with Crippen LogP contribution in [0.5, 0.6) is 0 Å². The molecular weight excluding hydrogens is 498 g/mol. The monoisotopic (exact) mass is 517 g/mol. The van der Waals surface area contributed by atoms with Crippen molar-refractivity contribution in [3.8, 4) is 0 Å². The predicted molar refractivity (Wildman–Crippen MR) is 109 cm³/mol. The third kappa shape index (κ3) is 4.56. The van der Waals surface area contributed by atoms with Crippen molar-refractivity contribution in [1.82, 2.24) is 19.5 Å². The maximum absolute atomic E-state index is 14.9. The zero-order valence-corrected chi connectivity index (χ0v) is 18.4. The molecule has 194 valence electrons. The lowest BCUT2D eigenvalue weighted by Gasteiger charge is -2.26. The van der Waals surface area contributed by atoms with Gasteiger partial charge >= 0.3 is 18.1 Å². The summed E-state index contributed by atoms with van der Waals surface area (Å²) < 4.78 is 69.9. The predicted octanol–water partition coefficient (Wildman–Crippen LogP) is 2.12. The standard InChI is InChI=1S/C20H19F4N5O7/c1-8-27-14(25)13-15(28-8)29(7-26-13)16-11(21)4-10(36-16)6-34-19(17(30)31,18(32)33)5-9-2-3-12(35-9)20(22,23)24/h2-3,7,10-11,16H,4-6H2,1H3,(H,30,31)(H,32,33)(H2,25,27,28). The quantitative estimate of drug-likeness (QED) is 0.295. The molecule has 3 atom stereocenters. The molecule has 4 N–H and O–H groups in total. The summed E-state index contributed by atoms with van der Waals surface area (Å²) in [6.45, 7) is 0.866. The third-order valence-electron chi connectivity index (χ3n) is 5.53. The summed E-state index contributed by atoms with van der Waals surface area (Å²) in [6.07, 6.45) is -9.01. The van der Waals surface area contributed by atoms with Crippen LogP contribution in [-0.4, -0.2) is 66.2 Å². The highest BCUT2D eigenvalue weighted by Gasteiger charge is 2.51. The Labute approximate surface area is 198 Å². The van der Waals surface area contributed by atoms with Gasteiger partial charge < -0.3 is 29.8 Å². The number of carboxylic acids is 2. The second kappa shape index (κ2) is 9.02. The number of nitrogens with zero attached hydrogens (tertiary/aromatic N) is 4. The van der Waals surface area contributed by atoms with Crippen molar-refractivity contribution in [2.75, 3.05) is 12.3 Å². The Morgan fingerprint density at radius 3 is 2.56 bits per heavy atom. The van der Waals surface area contributed by atoms with Crippen molar-refractivity contribution < 1.29 is 51.3 Å². The van der Waals surface area contributed by atoms with Crippen molar-refractivity contribution in [2.45, 2.75) is 50.0 Å². The van der Waals surface area contributed by atoms with Gasteiger partial charge in [-0.25, -0.2) is 28.9 Å². The zero-order valence-electron chi connectivity index (χ0n) is 18.4. The molecule has 1 aliphatic heterocycles. The maximum atomic E-state index is 14.9. The third-order valence-corrected chi connectivity index (χ3v) is 5.53. The second-order valence-electron chi connectivity index (χ2n) is 8.07. The molecule has 1 aliphatic rings. The Morgan fingerprint density at radius 1 is 1.25 bits per heavy atom. The summed E-state index contributed by atoms with van der Waals surface area (Å²) in [6, 6.07) is 1.34. The number of rotatable bonds is 8. The van der Waals surface area contributed by atoms with Gasteiger partial charge in [0.05, 0.1) is 25.5 Å². The molecule has 36 heavy (non-hydrogen) atoms. The summed E-state index contributed by atoms with van der Waals surface area (Å²) in [4.78, 5) is 36.0. The SMILES string of the molecule is Cc1nc(N)c2ncn(C3OC(COC(Cc4ccc(C(F)(F)F)o4)(C(=O)O)C(=O)O)CC3F)c2n1. The number of aromatic nitrogens is 4. The normalized spacial score (nSPS) is 20.8. The highest BCUT2D eigenvalue weighted by molar-refractivity contribution is 6.02. The number of ether oxygens (including phenoxy) is 2. The molecule has 0 spiro atoms. The number of aryl methyl sites for hydroxylation is 1. The van der Waals surface area contributed by atoms with E-state index in [4.69, 9.17) is 15.2 Å². The van der Waals surface area contributed by atoms with Crippen molar-refractivity contribution in [3.63, 3.8) is 0 Å². The van der Waals surface area contributed by atoms with Crippen molar-refractivity contribution in [3.05, 3.63) is 35.8 Å². The van der Waals surface area contributed by atoms with Crippen LogP contribution in [0.25, 0.3) is 11.2 Å². The summed E-state index contributed by atoms with van der Waals surface area (Å²) in [5.74, 6) is -5.63. The first-order chi connectivity index (χ1) is 16.8. The number of furan rings is 1.